The molecule has 0 saturated carbocycles. The largest absolute Gasteiger partial charge is 0.439 e. The molecular formula is C22H24N6O2. The van der Waals surface area contributed by atoms with Gasteiger partial charge in [-0.25, -0.2) is 4.98 Å². The highest BCUT2D eigenvalue weighted by molar-refractivity contribution is 6.07. The number of hydrogen-bond acceptors (Lipinski definition) is 7. The fraction of sp³-hybridized carbons (Fsp3) is 0.227. The summed E-state index contributed by atoms with van der Waals surface area (Å²) in [5, 5.41) is 2.89. The van der Waals surface area contributed by atoms with Gasteiger partial charge >= 0.3 is 0 Å². The Bertz CT molecular complexity index is 1030. The summed E-state index contributed by atoms with van der Waals surface area (Å²) in [5.41, 5.74) is 14.0. The average molecular weight is 404 g/mol. The Morgan fingerprint density at radius 1 is 1.17 bits per heavy atom. The van der Waals surface area contributed by atoms with Gasteiger partial charge in [0.2, 0.25) is 5.88 Å². The van der Waals surface area contributed by atoms with Gasteiger partial charge < -0.3 is 26.4 Å². The van der Waals surface area contributed by atoms with Crippen molar-refractivity contribution in [2.75, 3.05) is 29.0 Å². The van der Waals surface area contributed by atoms with E-state index < -0.39 is 5.91 Å². The quantitative estimate of drug-likeness (QED) is 0.598. The van der Waals surface area contributed by atoms with Gasteiger partial charge in [-0.05, 0) is 37.1 Å². The fourth-order valence-corrected chi connectivity index (χ4v) is 3.47. The van der Waals surface area contributed by atoms with Gasteiger partial charge in [-0.2, -0.15) is 0 Å². The molecule has 0 radical (unpaired) electrons. The SMILES string of the molecule is Nc1ccc(Oc2ccccc2)nc1C(=O)Nc1cnccc1N1CCC[C@H](N)C1. The Hall–Kier alpha value is -3.65. The number of amides is 1. The van der Waals surface area contributed by atoms with Crippen LogP contribution in [0.5, 0.6) is 11.6 Å². The minimum absolute atomic E-state index is 0.0913. The monoisotopic (exact) mass is 404 g/mol. The van der Waals surface area contributed by atoms with Gasteiger partial charge in [-0.1, -0.05) is 18.2 Å². The number of carbonyl (C=O) groups is 1. The molecule has 1 amide bonds. The highest BCUT2D eigenvalue weighted by atomic mass is 16.5. The zero-order valence-electron chi connectivity index (χ0n) is 16.5. The molecule has 0 bridgehead atoms. The van der Waals surface area contributed by atoms with Gasteiger partial charge in [-0.15, -0.1) is 0 Å². The first-order valence-electron chi connectivity index (χ1n) is 9.85. The Morgan fingerprint density at radius 2 is 2.00 bits per heavy atom. The number of ether oxygens (including phenoxy) is 1. The molecule has 1 saturated heterocycles. The summed E-state index contributed by atoms with van der Waals surface area (Å²) in [6.07, 6.45) is 5.32. The summed E-state index contributed by atoms with van der Waals surface area (Å²) < 4.78 is 5.72. The molecule has 30 heavy (non-hydrogen) atoms. The first-order valence-corrected chi connectivity index (χ1v) is 9.85. The van der Waals surface area contributed by atoms with Crippen molar-refractivity contribution in [1.29, 1.82) is 0 Å². The number of nitrogens with two attached hydrogens (primary N) is 2. The van der Waals surface area contributed by atoms with Crippen LogP contribution in [0.15, 0.2) is 60.9 Å². The van der Waals surface area contributed by atoms with Gasteiger partial charge in [0.05, 0.1) is 23.3 Å². The molecule has 3 aromatic rings. The van der Waals surface area contributed by atoms with E-state index in [0.29, 0.717) is 11.4 Å². The minimum atomic E-state index is -0.429. The standard InChI is InChI=1S/C22H24N6O2/c23-15-5-4-12-28(14-15)19-10-11-25-13-18(19)26-22(29)21-17(24)8-9-20(27-21)30-16-6-2-1-3-7-16/h1-3,6-11,13,15H,4-5,12,14,23-24H2,(H,26,29)/t15-/m0/s1. The molecule has 8 heteroatoms. The van der Waals surface area contributed by atoms with Gasteiger partial charge in [-0.3, -0.25) is 9.78 Å². The summed E-state index contributed by atoms with van der Waals surface area (Å²) in [4.78, 5) is 23.6. The molecule has 0 aliphatic carbocycles. The third-order valence-electron chi connectivity index (χ3n) is 4.93. The normalized spacial score (nSPS) is 16.2. The maximum absolute atomic E-state index is 13.0. The summed E-state index contributed by atoms with van der Waals surface area (Å²) in [6.45, 7) is 1.61. The van der Waals surface area contributed by atoms with Crippen molar-refractivity contribution in [1.82, 2.24) is 9.97 Å². The van der Waals surface area contributed by atoms with E-state index in [9.17, 15) is 4.79 Å². The van der Waals surface area contributed by atoms with Crippen LogP contribution in [0.2, 0.25) is 0 Å². The van der Waals surface area contributed by atoms with Crippen LogP contribution in [0.1, 0.15) is 23.3 Å². The number of piperidine rings is 1. The van der Waals surface area contributed by atoms with E-state index in [1.807, 2.05) is 36.4 Å². The number of nitrogens with zero attached hydrogens (tertiary/aromatic N) is 3. The maximum atomic E-state index is 13.0. The lowest BCUT2D eigenvalue weighted by atomic mass is 10.1. The Labute approximate surface area is 174 Å². The predicted molar refractivity (Wildman–Crippen MR) is 117 cm³/mol. The zero-order valence-corrected chi connectivity index (χ0v) is 16.5. The van der Waals surface area contributed by atoms with Crippen LogP contribution < -0.4 is 26.4 Å². The molecule has 5 N–H and O–H groups in total. The Kier molecular flexibility index (Phi) is 5.76. The van der Waals surface area contributed by atoms with E-state index in [1.165, 1.54) is 0 Å². The van der Waals surface area contributed by atoms with E-state index in [-0.39, 0.29) is 23.3 Å². The number of anilines is 3. The molecule has 4 rings (SSSR count). The van der Waals surface area contributed by atoms with Crippen molar-refractivity contribution in [3.05, 3.63) is 66.6 Å². The number of para-hydroxylation sites is 1. The van der Waals surface area contributed by atoms with Crippen LogP contribution in [0, 0.1) is 0 Å². The van der Waals surface area contributed by atoms with E-state index in [2.05, 4.69) is 20.2 Å². The molecular weight excluding hydrogens is 380 g/mol. The van der Waals surface area contributed by atoms with Crippen molar-refractivity contribution in [3.63, 3.8) is 0 Å². The summed E-state index contributed by atoms with van der Waals surface area (Å²) in [6, 6.07) is 14.4. The molecule has 1 fully saturated rings. The lowest BCUT2D eigenvalue weighted by Gasteiger charge is -2.33. The van der Waals surface area contributed by atoms with E-state index in [4.69, 9.17) is 16.2 Å². The lowest BCUT2D eigenvalue weighted by molar-refractivity contribution is 0.102. The summed E-state index contributed by atoms with van der Waals surface area (Å²) in [7, 11) is 0. The lowest BCUT2D eigenvalue weighted by Crippen LogP contribution is -2.43. The molecule has 1 atom stereocenters. The maximum Gasteiger partial charge on any atom is 0.276 e. The van der Waals surface area contributed by atoms with Crippen molar-refractivity contribution in [3.8, 4) is 11.6 Å². The zero-order chi connectivity index (χ0) is 20.9. The molecule has 2 aromatic heterocycles. The number of carbonyl (C=O) groups excluding carboxylic acids is 1. The summed E-state index contributed by atoms with van der Waals surface area (Å²) >= 11 is 0. The third kappa shape index (κ3) is 4.49. The first kappa shape index (κ1) is 19.7. The number of nitrogens with one attached hydrogen (secondary N) is 1. The number of hydrogen-bond donors (Lipinski definition) is 3. The predicted octanol–water partition coefficient (Wildman–Crippen LogP) is 3.03. The highest BCUT2D eigenvalue weighted by Crippen LogP contribution is 2.28. The van der Waals surface area contributed by atoms with Gasteiger partial charge in [0.15, 0.2) is 5.69 Å². The first-order chi connectivity index (χ1) is 14.6. The van der Waals surface area contributed by atoms with Crippen LogP contribution in [0.4, 0.5) is 17.1 Å². The van der Waals surface area contributed by atoms with Crippen LogP contribution in [-0.2, 0) is 0 Å². The Balaban J connectivity index is 1.55. The second-order valence-electron chi connectivity index (χ2n) is 7.20. The van der Waals surface area contributed by atoms with E-state index in [1.54, 1.807) is 24.5 Å². The highest BCUT2D eigenvalue weighted by Gasteiger charge is 2.21. The van der Waals surface area contributed by atoms with Crippen LogP contribution in [0.25, 0.3) is 0 Å². The van der Waals surface area contributed by atoms with Gasteiger partial charge in [0.1, 0.15) is 5.75 Å². The van der Waals surface area contributed by atoms with Crippen LogP contribution >= 0.6 is 0 Å². The van der Waals surface area contributed by atoms with Gasteiger partial charge in [0.25, 0.3) is 5.91 Å². The van der Waals surface area contributed by atoms with Crippen molar-refractivity contribution >= 4 is 23.0 Å². The molecule has 154 valence electrons. The second kappa shape index (κ2) is 8.79. The van der Waals surface area contributed by atoms with Crippen molar-refractivity contribution < 1.29 is 9.53 Å². The topological polar surface area (TPSA) is 119 Å². The van der Waals surface area contributed by atoms with E-state index >= 15 is 0 Å². The number of pyridine rings is 2. The van der Waals surface area contributed by atoms with Crippen molar-refractivity contribution in [2.45, 2.75) is 18.9 Å². The molecule has 1 aromatic carbocycles. The summed E-state index contributed by atoms with van der Waals surface area (Å²) in [5.74, 6) is 0.479. The number of benzene rings is 1. The molecule has 0 unspecified atom stereocenters. The van der Waals surface area contributed by atoms with E-state index in [0.717, 1.165) is 31.6 Å². The average Bonchev–Trinajstić information content (AvgIpc) is 2.76. The third-order valence-corrected chi connectivity index (χ3v) is 4.93. The smallest absolute Gasteiger partial charge is 0.276 e. The van der Waals surface area contributed by atoms with Crippen molar-refractivity contribution in [2.24, 2.45) is 5.73 Å². The number of rotatable bonds is 5. The molecule has 0 spiro atoms. The Morgan fingerprint density at radius 3 is 2.80 bits per heavy atom. The number of aromatic nitrogens is 2. The molecule has 1 aliphatic heterocycles. The molecule has 1 aliphatic rings. The van der Waals surface area contributed by atoms with Crippen LogP contribution in [-0.4, -0.2) is 35.0 Å². The van der Waals surface area contributed by atoms with Gasteiger partial charge in [0, 0.05) is 31.4 Å². The second-order valence-corrected chi connectivity index (χ2v) is 7.20. The minimum Gasteiger partial charge on any atom is -0.439 e. The van der Waals surface area contributed by atoms with Crippen LogP contribution in [0.3, 0.4) is 0 Å². The number of nitrogen functional groups attached to an aromatic ring is 1. The molecule has 3 heterocycles. The molecule has 8 nitrogen and oxygen atoms in total. The fourth-order valence-electron chi connectivity index (χ4n) is 3.47.